The Hall–Kier alpha value is -1.40. The second-order valence-electron chi connectivity index (χ2n) is 5.32. The Morgan fingerprint density at radius 1 is 1.19 bits per heavy atom. The number of sulfonamides is 1. The zero-order valence-electron chi connectivity index (χ0n) is 12.8. The minimum Gasteiger partial charge on any atom is -0.325 e. The summed E-state index contributed by atoms with van der Waals surface area (Å²) in [7, 11) is -3.36. The molecule has 118 valence electrons. The van der Waals surface area contributed by atoms with Gasteiger partial charge in [0.05, 0.1) is 12.3 Å². The first-order valence-corrected chi connectivity index (χ1v) is 8.86. The zero-order chi connectivity index (χ0) is 15.9. The first-order valence-electron chi connectivity index (χ1n) is 7.21. The molecule has 0 saturated heterocycles. The van der Waals surface area contributed by atoms with Crippen LogP contribution in [0.2, 0.25) is 0 Å². The average molecular weight is 312 g/mol. The molecule has 0 unspecified atom stereocenters. The number of nitrogens with one attached hydrogen (secondary N) is 2. The lowest BCUT2D eigenvalue weighted by Crippen LogP contribution is -2.34. The molecule has 0 saturated carbocycles. The largest absolute Gasteiger partial charge is 0.325 e. The Morgan fingerprint density at radius 3 is 2.33 bits per heavy atom. The summed E-state index contributed by atoms with van der Waals surface area (Å²) in [5.74, 6) is 0.118. The van der Waals surface area contributed by atoms with Gasteiger partial charge in [-0.2, -0.15) is 0 Å². The van der Waals surface area contributed by atoms with Gasteiger partial charge in [0.25, 0.3) is 0 Å². The maximum atomic E-state index is 11.7. The van der Waals surface area contributed by atoms with Crippen LogP contribution in [-0.2, 0) is 14.8 Å². The molecule has 21 heavy (non-hydrogen) atoms. The molecule has 0 aliphatic carbocycles. The minimum absolute atomic E-state index is 0.0554. The fraction of sp³-hybridized carbons (Fsp3) is 0.533. The summed E-state index contributed by atoms with van der Waals surface area (Å²) in [4.78, 5) is 11.7. The van der Waals surface area contributed by atoms with Crippen molar-refractivity contribution in [2.75, 3.05) is 17.6 Å². The average Bonchev–Trinajstić information content (AvgIpc) is 2.44. The maximum Gasteiger partial charge on any atom is 0.239 e. The standard InChI is InChI=1S/C15H24N2O3S/c1-4-5-10-21(19,20)16-11-15(18)17-14-8-6-13(7-9-14)12(2)3/h6-9,12,16H,4-5,10-11H2,1-3H3,(H,17,18). The highest BCUT2D eigenvalue weighted by atomic mass is 32.2. The molecule has 0 radical (unpaired) electrons. The number of amides is 1. The topological polar surface area (TPSA) is 75.3 Å². The predicted octanol–water partition coefficient (Wildman–Crippen LogP) is 2.47. The highest BCUT2D eigenvalue weighted by Crippen LogP contribution is 2.16. The highest BCUT2D eigenvalue weighted by Gasteiger charge is 2.11. The second kappa shape index (κ2) is 8.14. The third-order valence-corrected chi connectivity index (χ3v) is 4.49. The number of hydrogen-bond donors (Lipinski definition) is 2. The normalized spacial score (nSPS) is 11.6. The molecule has 6 heteroatoms. The molecule has 1 amide bonds. The van der Waals surface area contributed by atoms with E-state index in [2.05, 4.69) is 23.9 Å². The van der Waals surface area contributed by atoms with Crippen LogP contribution in [0.15, 0.2) is 24.3 Å². The summed E-state index contributed by atoms with van der Waals surface area (Å²) >= 11 is 0. The fourth-order valence-electron chi connectivity index (χ4n) is 1.74. The van der Waals surface area contributed by atoms with Gasteiger partial charge in [-0.3, -0.25) is 4.79 Å². The monoisotopic (exact) mass is 312 g/mol. The minimum atomic E-state index is -3.36. The zero-order valence-corrected chi connectivity index (χ0v) is 13.7. The summed E-state index contributed by atoms with van der Waals surface area (Å²) in [5, 5.41) is 2.67. The van der Waals surface area contributed by atoms with Crippen LogP contribution >= 0.6 is 0 Å². The number of benzene rings is 1. The van der Waals surface area contributed by atoms with Gasteiger partial charge in [-0.1, -0.05) is 39.3 Å². The molecule has 0 heterocycles. The summed E-state index contributed by atoms with van der Waals surface area (Å²) in [6.07, 6.45) is 1.39. The van der Waals surface area contributed by atoms with Crippen LogP contribution in [0.5, 0.6) is 0 Å². The van der Waals surface area contributed by atoms with Crippen molar-refractivity contribution in [3.63, 3.8) is 0 Å². The molecule has 0 fully saturated rings. The van der Waals surface area contributed by atoms with E-state index in [1.807, 2.05) is 31.2 Å². The van der Waals surface area contributed by atoms with E-state index >= 15 is 0 Å². The third kappa shape index (κ3) is 6.73. The van der Waals surface area contributed by atoms with Crippen molar-refractivity contribution in [2.24, 2.45) is 0 Å². The molecule has 0 aromatic heterocycles. The van der Waals surface area contributed by atoms with Crippen LogP contribution in [0.3, 0.4) is 0 Å². The van der Waals surface area contributed by atoms with Crippen LogP contribution in [-0.4, -0.2) is 26.6 Å². The first-order chi connectivity index (χ1) is 9.84. The smallest absolute Gasteiger partial charge is 0.239 e. The van der Waals surface area contributed by atoms with Crippen molar-refractivity contribution in [1.82, 2.24) is 4.72 Å². The molecular formula is C15H24N2O3S. The van der Waals surface area contributed by atoms with Gasteiger partial charge in [-0.25, -0.2) is 13.1 Å². The van der Waals surface area contributed by atoms with Crippen LogP contribution in [0.1, 0.15) is 45.1 Å². The van der Waals surface area contributed by atoms with E-state index in [0.717, 1.165) is 6.42 Å². The van der Waals surface area contributed by atoms with E-state index in [-0.39, 0.29) is 18.2 Å². The van der Waals surface area contributed by atoms with E-state index in [0.29, 0.717) is 18.0 Å². The molecule has 0 aliphatic rings. The fourth-order valence-corrected chi connectivity index (χ4v) is 2.90. The second-order valence-corrected chi connectivity index (χ2v) is 7.24. The highest BCUT2D eigenvalue weighted by molar-refractivity contribution is 7.89. The summed E-state index contributed by atoms with van der Waals surface area (Å²) in [6, 6.07) is 7.54. The van der Waals surface area contributed by atoms with Crippen molar-refractivity contribution in [2.45, 2.75) is 39.5 Å². The molecule has 2 N–H and O–H groups in total. The molecule has 5 nitrogen and oxygen atoms in total. The third-order valence-electron chi connectivity index (χ3n) is 3.08. The summed E-state index contributed by atoms with van der Waals surface area (Å²) < 4.78 is 25.5. The Morgan fingerprint density at radius 2 is 1.81 bits per heavy atom. The summed E-state index contributed by atoms with van der Waals surface area (Å²) in [5.41, 5.74) is 1.85. The summed E-state index contributed by atoms with van der Waals surface area (Å²) in [6.45, 7) is 5.87. The van der Waals surface area contributed by atoms with Crippen LogP contribution in [0.4, 0.5) is 5.69 Å². The Labute approximate surface area is 127 Å². The van der Waals surface area contributed by atoms with Gasteiger partial charge < -0.3 is 5.32 Å². The van der Waals surface area contributed by atoms with Crippen molar-refractivity contribution >= 4 is 21.6 Å². The van der Waals surface area contributed by atoms with E-state index in [1.54, 1.807) is 0 Å². The predicted molar refractivity (Wildman–Crippen MR) is 85.9 cm³/mol. The van der Waals surface area contributed by atoms with Gasteiger partial charge in [-0.15, -0.1) is 0 Å². The quantitative estimate of drug-likeness (QED) is 0.774. The molecule has 0 aliphatic heterocycles. The Balaban J connectivity index is 2.47. The molecule has 1 aromatic carbocycles. The van der Waals surface area contributed by atoms with Crippen LogP contribution in [0, 0.1) is 0 Å². The molecule has 1 rings (SSSR count). The maximum absolute atomic E-state index is 11.7. The van der Waals surface area contributed by atoms with Gasteiger partial charge >= 0.3 is 0 Å². The number of anilines is 1. The van der Waals surface area contributed by atoms with E-state index in [1.165, 1.54) is 5.56 Å². The SMILES string of the molecule is CCCCS(=O)(=O)NCC(=O)Nc1ccc(C(C)C)cc1. The van der Waals surface area contributed by atoms with Gasteiger partial charge in [0, 0.05) is 5.69 Å². The lowest BCUT2D eigenvalue weighted by atomic mass is 10.0. The van der Waals surface area contributed by atoms with Gasteiger partial charge in [0.1, 0.15) is 0 Å². The van der Waals surface area contributed by atoms with E-state index in [4.69, 9.17) is 0 Å². The molecule has 0 spiro atoms. The van der Waals surface area contributed by atoms with Crippen LogP contribution < -0.4 is 10.0 Å². The number of hydrogen-bond acceptors (Lipinski definition) is 3. The van der Waals surface area contributed by atoms with Crippen molar-refractivity contribution < 1.29 is 13.2 Å². The van der Waals surface area contributed by atoms with Gasteiger partial charge in [-0.05, 0) is 30.0 Å². The molecule has 0 atom stereocenters. The van der Waals surface area contributed by atoms with E-state index < -0.39 is 10.0 Å². The molecular weight excluding hydrogens is 288 g/mol. The lowest BCUT2D eigenvalue weighted by molar-refractivity contribution is -0.115. The number of carbonyl (C=O) groups is 1. The van der Waals surface area contributed by atoms with Gasteiger partial charge in [0.2, 0.25) is 15.9 Å². The number of carbonyl (C=O) groups excluding carboxylic acids is 1. The van der Waals surface area contributed by atoms with Crippen molar-refractivity contribution in [1.29, 1.82) is 0 Å². The first kappa shape index (κ1) is 17.7. The molecule has 0 bridgehead atoms. The number of unbranched alkanes of at least 4 members (excludes halogenated alkanes) is 1. The lowest BCUT2D eigenvalue weighted by Gasteiger charge is -2.09. The van der Waals surface area contributed by atoms with Crippen LogP contribution in [0.25, 0.3) is 0 Å². The Kier molecular flexibility index (Phi) is 6.84. The van der Waals surface area contributed by atoms with Crippen molar-refractivity contribution in [3.05, 3.63) is 29.8 Å². The number of rotatable bonds is 8. The molecule has 1 aromatic rings. The van der Waals surface area contributed by atoms with Gasteiger partial charge in [0.15, 0.2) is 0 Å². The Bertz CT molecular complexity index is 551. The van der Waals surface area contributed by atoms with Crippen molar-refractivity contribution in [3.8, 4) is 0 Å². The van der Waals surface area contributed by atoms with E-state index in [9.17, 15) is 13.2 Å².